The Morgan fingerprint density at radius 3 is 2.54 bits per heavy atom. The van der Waals surface area contributed by atoms with E-state index in [-0.39, 0.29) is 0 Å². The van der Waals surface area contributed by atoms with E-state index in [1.807, 2.05) is 0 Å². The molecule has 0 aromatic heterocycles. The first-order chi connectivity index (χ1) is 6.24. The minimum Gasteiger partial charge on any atom is -0.330 e. The summed E-state index contributed by atoms with van der Waals surface area (Å²) < 4.78 is 0. The van der Waals surface area contributed by atoms with Gasteiger partial charge >= 0.3 is 0 Å². The predicted molar refractivity (Wildman–Crippen MR) is 57.6 cm³/mol. The van der Waals surface area contributed by atoms with Crippen LogP contribution in [0.4, 0.5) is 0 Å². The van der Waals surface area contributed by atoms with Crippen LogP contribution in [0.25, 0.3) is 0 Å². The Morgan fingerprint density at radius 2 is 2.00 bits per heavy atom. The summed E-state index contributed by atoms with van der Waals surface area (Å²) in [7, 11) is 0. The van der Waals surface area contributed by atoms with Gasteiger partial charge in [-0.2, -0.15) is 0 Å². The number of hydrogen-bond acceptors (Lipinski definition) is 2. The number of nitrogens with one attached hydrogen (secondary N) is 1. The summed E-state index contributed by atoms with van der Waals surface area (Å²) in [6, 6.07) is 0.863. The lowest BCUT2D eigenvalue weighted by Crippen LogP contribution is -2.21. The molecule has 1 aliphatic rings. The lowest BCUT2D eigenvalue weighted by molar-refractivity contribution is 0.360. The highest BCUT2D eigenvalue weighted by molar-refractivity contribution is 4.80. The maximum atomic E-state index is 5.62. The topological polar surface area (TPSA) is 38.0 Å². The zero-order valence-corrected chi connectivity index (χ0v) is 9.05. The standard InChI is InChI=1S/C11H24N2/c1-9(10(2)8-12)4-3-7-13-11-5-6-11/h9-11,13H,3-8,12H2,1-2H3. The van der Waals surface area contributed by atoms with Gasteiger partial charge in [0.1, 0.15) is 0 Å². The van der Waals surface area contributed by atoms with Crippen LogP contribution in [-0.2, 0) is 0 Å². The molecule has 0 spiro atoms. The van der Waals surface area contributed by atoms with Crippen LogP contribution in [0.15, 0.2) is 0 Å². The fraction of sp³-hybridized carbons (Fsp3) is 1.00. The molecule has 1 rings (SSSR count). The number of nitrogens with two attached hydrogens (primary N) is 1. The first kappa shape index (κ1) is 11.0. The molecule has 1 saturated carbocycles. The molecule has 2 nitrogen and oxygen atoms in total. The summed E-state index contributed by atoms with van der Waals surface area (Å²) in [5.74, 6) is 1.46. The summed E-state index contributed by atoms with van der Waals surface area (Å²) in [4.78, 5) is 0. The van der Waals surface area contributed by atoms with Crippen LogP contribution in [0.2, 0.25) is 0 Å². The SMILES string of the molecule is CC(CN)C(C)CCCNC1CC1. The summed E-state index contributed by atoms with van der Waals surface area (Å²) in [5, 5.41) is 3.54. The van der Waals surface area contributed by atoms with Crippen LogP contribution < -0.4 is 11.1 Å². The van der Waals surface area contributed by atoms with E-state index in [2.05, 4.69) is 19.2 Å². The van der Waals surface area contributed by atoms with Crippen molar-refractivity contribution in [2.45, 2.75) is 45.6 Å². The van der Waals surface area contributed by atoms with Gasteiger partial charge in [0.05, 0.1) is 0 Å². The lowest BCUT2D eigenvalue weighted by atomic mass is 9.92. The van der Waals surface area contributed by atoms with Crippen LogP contribution in [0, 0.1) is 11.8 Å². The van der Waals surface area contributed by atoms with E-state index in [1.54, 1.807) is 0 Å². The summed E-state index contributed by atoms with van der Waals surface area (Å²) in [6.45, 7) is 6.59. The Morgan fingerprint density at radius 1 is 1.31 bits per heavy atom. The van der Waals surface area contributed by atoms with E-state index in [4.69, 9.17) is 5.73 Å². The predicted octanol–water partition coefficient (Wildman–Crippen LogP) is 1.75. The van der Waals surface area contributed by atoms with Crippen molar-refractivity contribution in [2.75, 3.05) is 13.1 Å². The van der Waals surface area contributed by atoms with Gasteiger partial charge in [0.2, 0.25) is 0 Å². The van der Waals surface area contributed by atoms with E-state index in [0.717, 1.165) is 18.5 Å². The van der Waals surface area contributed by atoms with Crippen molar-refractivity contribution in [2.24, 2.45) is 17.6 Å². The minimum atomic E-state index is 0.681. The highest BCUT2D eigenvalue weighted by atomic mass is 14.9. The van der Waals surface area contributed by atoms with Gasteiger partial charge in [0.25, 0.3) is 0 Å². The minimum absolute atomic E-state index is 0.681. The van der Waals surface area contributed by atoms with E-state index >= 15 is 0 Å². The van der Waals surface area contributed by atoms with Gasteiger partial charge in [-0.25, -0.2) is 0 Å². The smallest absolute Gasteiger partial charge is 0.00682 e. The molecule has 2 atom stereocenters. The van der Waals surface area contributed by atoms with Gasteiger partial charge in [-0.05, 0) is 50.6 Å². The normalized spacial score (nSPS) is 21.5. The molecule has 78 valence electrons. The molecule has 0 heterocycles. The molecule has 1 fully saturated rings. The second-order valence-electron chi connectivity index (χ2n) is 4.56. The molecule has 0 amide bonds. The van der Waals surface area contributed by atoms with Gasteiger partial charge in [0.15, 0.2) is 0 Å². The summed E-state index contributed by atoms with van der Waals surface area (Å²) in [5.41, 5.74) is 5.62. The molecule has 0 bridgehead atoms. The molecular weight excluding hydrogens is 160 g/mol. The molecule has 1 aliphatic carbocycles. The second-order valence-corrected chi connectivity index (χ2v) is 4.56. The monoisotopic (exact) mass is 184 g/mol. The Balaban J connectivity index is 1.90. The Bertz CT molecular complexity index is 132. The molecule has 2 unspecified atom stereocenters. The molecular formula is C11H24N2. The second kappa shape index (κ2) is 5.61. The first-order valence-electron chi connectivity index (χ1n) is 5.67. The van der Waals surface area contributed by atoms with Crippen molar-refractivity contribution in [3.05, 3.63) is 0 Å². The van der Waals surface area contributed by atoms with E-state index in [9.17, 15) is 0 Å². The first-order valence-corrected chi connectivity index (χ1v) is 5.67. The Kier molecular flexibility index (Phi) is 4.74. The Hall–Kier alpha value is -0.0800. The third-order valence-corrected chi connectivity index (χ3v) is 3.19. The molecule has 0 aromatic carbocycles. The molecule has 2 heteroatoms. The zero-order chi connectivity index (χ0) is 9.68. The van der Waals surface area contributed by atoms with Crippen molar-refractivity contribution >= 4 is 0 Å². The van der Waals surface area contributed by atoms with Gasteiger partial charge in [-0.3, -0.25) is 0 Å². The van der Waals surface area contributed by atoms with E-state index in [1.165, 1.54) is 32.2 Å². The maximum absolute atomic E-state index is 5.62. The van der Waals surface area contributed by atoms with Crippen LogP contribution in [-0.4, -0.2) is 19.1 Å². The average Bonchev–Trinajstić information content (AvgIpc) is 2.94. The molecule has 13 heavy (non-hydrogen) atoms. The number of hydrogen-bond donors (Lipinski definition) is 2. The quantitative estimate of drug-likeness (QED) is 0.592. The van der Waals surface area contributed by atoms with Crippen LogP contribution in [0.3, 0.4) is 0 Å². The van der Waals surface area contributed by atoms with Crippen molar-refractivity contribution in [1.29, 1.82) is 0 Å². The lowest BCUT2D eigenvalue weighted by Gasteiger charge is -2.17. The molecule has 0 saturated heterocycles. The average molecular weight is 184 g/mol. The van der Waals surface area contributed by atoms with Crippen LogP contribution in [0.1, 0.15) is 39.5 Å². The van der Waals surface area contributed by atoms with Crippen molar-refractivity contribution in [3.63, 3.8) is 0 Å². The van der Waals surface area contributed by atoms with Crippen LogP contribution >= 0.6 is 0 Å². The fourth-order valence-electron chi connectivity index (χ4n) is 1.53. The van der Waals surface area contributed by atoms with Crippen molar-refractivity contribution < 1.29 is 0 Å². The molecule has 0 aromatic rings. The summed E-state index contributed by atoms with van der Waals surface area (Å²) in [6.07, 6.45) is 5.42. The third-order valence-electron chi connectivity index (χ3n) is 3.19. The van der Waals surface area contributed by atoms with Gasteiger partial charge in [-0.15, -0.1) is 0 Å². The molecule has 3 N–H and O–H groups in total. The third kappa shape index (κ3) is 4.63. The van der Waals surface area contributed by atoms with Gasteiger partial charge < -0.3 is 11.1 Å². The maximum Gasteiger partial charge on any atom is 0.00682 e. The fourth-order valence-corrected chi connectivity index (χ4v) is 1.53. The molecule has 0 radical (unpaired) electrons. The summed E-state index contributed by atoms with van der Waals surface area (Å²) >= 11 is 0. The highest BCUT2D eigenvalue weighted by Crippen LogP contribution is 2.19. The Labute approximate surface area is 82.3 Å². The zero-order valence-electron chi connectivity index (χ0n) is 9.05. The molecule has 0 aliphatic heterocycles. The van der Waals surface area contributed by atoms with E-state index < -0.39 is 0 Å². The number of rotatable bonds is 7. The van der Waals surface area contributed by atoms with Crippen LogP contribution in [0.5, 0.6) is 0 Å². The van der Waals surface area contributed by atoms with Gasteiger partial charge in [-0.1, -0.05) is 13.8 Å². The van der Waals surface area contributed by atoms with Gasteiger partial charge in [0, 0.05) is 6.04 Å². The van der Waals surface area contributed by atoms with Crippen molar-refractivity contribution in [3.8, 4) is 0 Å². The van der Waals surface area contributed by atoms with E-state index in [0.29, 0.717) is 5.92 Å². The van der Waals surface area contributed by atoms with Crippen molar-refractivity contribution in [1.82, 2.24) is 5.32 Å². The highest BCUT2D eigenvalue weighted by Gasteiger charge is 2.19. The largest absolute Gasteiger partial charge is 0.330 e.